The number of carbonyl (C=O) groups excluding carboxylic acids is 1. The zero-order chi connectivity index (χ0) is 24.7. The number of rotatable bonds is 4. The fourth-order valence-corrected chi connectivity index (χ4v) is 5.09. The molecule has 34 heavy (non-hydrogen) atoms. The molecule has 2 N–H and O–H groups in total. The second kappa shape index (κ2) is 8.50. The maximum Gasteiger partial charge on any atom is 0.573 e. The van der Waals surface area contributed by atoms with E-state index in [1.54, 1.807) is 25.1 Å². The standard InChI is InChI=1S/C24H19F3N4O2S/c1-23(19-11-17(13-34-19)16-5-3-4-14(10-16)12-28)20(21(32)31(2)22(29)30-23)15-6-8-18(9-7-15)33-24(25,26)27/h3-11,13,20H,1-2H3,(H2,29,30)/t20-,23+/m0/s1. The van der Waals surface area contributed by atoms with Crippen LogP contribution in [-0.2, 0) is 10.3 Å². The molecule has 3 aromatic rings. The van der Waals surface area contributed by atoms with Gasteiger partial charge in [-0.15, -0.1) is 24.5 Å². The molecule has 2 heterocycles. The van der Waals surface area contributed by atoms with Gasteiger partial charge in [-0.2, -0.15) is 5.26 Å². The van der Waals surface area contributed by atoms with Crippen LogP contribution in [0.3, 0.4) is 0 Å². The second-order valence-electron chi connectivity index (χ2n) is 8.02. The van der Waals surface area contributed by atoms with E-state index in [2.05, 4.69) is 16.1 Å². The molecule has 0 aliphatic carbocycles. The highest BCUT2D eigenvalue weighted by atomic mass is 32.1. The molecule has 1 aliphatic heterocycles. The molecule has 4 rings (SSSR count). The number of nitriles is 1. The quantitative estimate of drug-likeness (QED) is 0.534. The topological polar surface area (TPSA) is 89.2 Å². The van der Waals surface area contributed by atoms with Gasteiger partial charge < -0.3 is 10.1 Å². The van der Waals surface area contributed by atoms with Crippen molar-refractivity contribution in [2.24, 2.45) is 0 Å². The van der Waals surface area contributed by atoms with E-state index < -0.39 is 17.8 Å². The summed E-state index contributed by atoms with van der Waals surface area (Å²) in [4.78, 5) is 15.2. The van der Waals surface area contributed by atoms with E-state index in [1.807, 2.05) is 17.5 Å². The van der Waals surface area contributed by atoms with Crippen molar-refractivity contribution in [2.75, 3.05) is 7.05 Å². The zero-order valence-electron chi connectivity index (χ0n) is 18.1. The maximum absolute atomic E-state index is 13.3. The minimum atomic E-state index is -4.82. The molecule has 0 saturated carbocycles. The molecule has 2 atom stereocenters. The predicted molar refractivity (Wildman–Crippen MR) is 121 cm³/mol. The van der Waals surface area contributed by atoms with Crippen molar-refractivity contribution >= 4 is 23.2 Å². The molecule has 0 unspecified atom stereocenters. The third-order valence-corrected chi connectivity index (χ3v) is 6.92. The van der Waals surface area contributed by atoms with Gasteiger partial charge in [0.1, 0.15) is 5.75 Å². The van der Waals surface area contributed by atoms with Gasteiger partial charge in [-0.1, -0.05) is 24.3 Å². The van der Waals surface area contributed by atoms with E-state index in [4.69, 9.17) is 5.41 Å². The number of guanidine groups is 1. The van der Waals surface area contributed by atoms with E-state index in [-0.39, 0.29) is 17.6 Å². The summed E-state index contributed by atoms with van der Waals surface area (Å²) in [5, 5.41) is 22.5. The molecule has 0 spiro atoms. The Morgan fingerprint density at radius 2 is 1.88 bits per heavy atom. The number of likely N-dealkylation sites (N-methyl/N-ethyl adjacent to an activating group) is 1. The van der Waals surface area contributed by atoms with Gasteiger partial charge in [0, 0.05) is 11.9 Å². The second-order valence-corrected chi connectivity index (χ2v) is 8.93. The molecule has 1 aromatic heterocycles. The number of hydrogen-bond acceptors (Lipinski definition) is 5. The number of hydrogen-bond donors (Lipinski definition) is 2. The Hall–Kier alpha value is -3.84. The van der Waals surface area contributed by atoms with Crippen molar-refractivity contribution in [1.29, 1.82) is 10.7 Å². The lowest BCUT2D eigenvalue weighted by molar-refractivity contribution is -0.274. The smallest absolute Gasteiger partial charge is 0.406 e. The van der Waals surface area contributed by atoms with Crippen molar-refractivity contribution in [3.63, 3.8) is 0 Å². The Morgan fingerprint density at radius 1 is 1.18 bits per heavy atom. The molecular formula is C24H19F3N4O2S. The van der Waals surface area contributed by atoms with Gasteiger partial charge in [0.2, 0.25) is 5.91 Å². The number of nitrogens with zero attached hydrogens (tertiary/aromatic N) is 2. The summed E-state index contributed by atoms with van der Waals surface area (Å²) < 4.78 is 41.6. The summed E-state index contributed by atoms with van der Waals surface area (Å²) in [7, 11) is 1.47. The predicted octanol–water partition coefficient (Wildman–Crippen LogP) is 5.18. The van der Waals surface area contributed by atoms with E-state index in [1.165, 1.54) is 47.5 Å². The number of carbonyl (C=O) groups is 1. The van der Waals surface area contributed by atoms with Crippen molar-refractivity contribution in [3.05, 3.63) is 76.0 Å². The molecule has 0 radical (unpaired) electrons. The van der Waals surface area contributed by atoms with Gasteiger partial charge in [-0.3, -0.25) is 15.1 Å². The molecule has 1 fully saturated rings. The zero-order valence-corrected chi connectivity index (χ0v) is 18.9. The highest BCUT2D eigenvalue weighted by Crippen LogP contribution is 2.44. The number of alkyl halides is 3. The highest BCUT2D eigenvalue weighted by molar-refractivity contribution is 7.10. The molecule has 1 amide bonds. The number of thiophene rings is 1. The highest BCUT2D eigenvalue weighted by Gasteiger charge is 2.49. The summed E-state index contributed by atoms with van der Waals surface area (Å²) >= 11 is 1.39. The monoisotopic (exact) mass is 484 g/mol. The van der Waals surface area contributed by atoms with Gasteiger partial charge in [0.25, 0.3) is 0 Å². The van der Waals surface area contributed by atoms with Crippen molar-refractivity contribution in [3.8, 4) is 22.9 Å². The first-order chi connectivity index (χ1) is 16.0. The number of amides is 1. The van der Waals surface area contributed by atoms with Crippen LogP contribution in [0.15, 0.2) is 60.0 Å². The molecule has 2 aromatic carbocycles. The average molecular weight is 485 g/mol. The minimum Gasteiger partial charge on any atom is -0.406 e. The number of nitrogens with one attached hydrogen (secondary N) is 2. The van der Waals surface area contributed by atoms with Gasteiger partial charge in [0.15, 0.2) is 5.96 Å². The van der Waals surface area contributed by atoms with Gasteiger partial charge in [-0.25, -0.2) is 0 Å². The molecule has 1 saturated heterocycles. The molecule has 6 nitrogen and oxygen atoms in total. The number of halogens is 3. The fraction of sp³-hybridized carbons (Fsp3) is 0.208. The van der Waals surface area contributed by atoms with Gasteiger partial charge in [0.05, 0.1) is 23.1 Å². The maximum atomic E-state index is 13.3. The van der Waals surface area contributed by atoms with Crippen molar-refractivity contribution < 1.29 is 22.7 Å². The van der Waals surface area contributed by atoms with Crippen LogP contribution >= 0.6 is 11.3 Å². The van der Waals surface area contributed by atoms with Crippen LogP contribution in [0.2, 0.25) is 0 Å². The van der Waals surface area contributed by atoms with E-state index >= 15 is 0 Å². The number of benzene rings is 2. The van der Waals surface area contributed by atoms with E-state index in [0.717, 1.165) is 16.0 Å². The van der Waals surface area contributed by atoms with Crippen LogP contribution in [-0.4, -0.2) is 30.2 Å². The minimum absolute atomic E-state index is 0.0813. The Balaban J connectivity index is 1.75. The Labute approximate surface area is 197 Å². The van der Waals surface area contributed by atoms with Crippen molar-refractivity contribution in [1.82, 2.24) is 10.2 Å². The van der Waals surface area contributed by atoms with Crippen LogP contribution in [0.4, 0.5) is 13.2 Å². The Morgan fingerprint density at radius 3 is 2.53 bits per heavy atom. The first kappa shape index (κ1) is 23.3. The van der Waals surface area contributed by atoms with Gasteiger partial charge >= 0.3 is 6.36 Å². The molecule has 174 valence electrons. The lowest BCUT2D eigenvalue weighted by Gasteiger charge is -2.45. The molecule has 10 heteroatoms. The SMILES string of the molecule is CN1C(=N)N[C@](C)(c2cc(-c3cccc(C#N)c3)cs2)[C@@H](c2ccc(OC(F)(F)F)cc2)C1=O. The summed E-state index contributed by atoms with van der Waals surface area (Å²) in [6, 6.07) is 16.3. The average Bonchev–Trinajstić information content (AvgIpc) is 3.29. The lowest BCUT2D eigenvalue weighted by atomic mass is 9.76. The third-order valence-electron chi connectivity index (χ3n) is 5.75. The number of ether oxygens (including phenoxy) is 1. The first-order valence-electron chi connectivity index (χ1n) is 10.1. The Kier molecular flexibility index (Phi) is 5.83. The van der Waals surface area contributed by atoms with Gasteiger partial charge in [-0.05, 0) is 59.3 Å². The first-order valence-corrected chi connectivity index (χ1v) is 11.0. The summed E-state index contributed by atoms with van der Waals surface area (Å²) in [6.45, 7) is 1.79. The van der Waals surface area contributed by atoms with Crippen molar-refractivity contribution in [2.45, 2.75) is 24.7 Å². The van der Waals surface area contributed by atoms with Crippen LogP contribution < -0.4 is 10.1 Å². The van der Waals surface area contributed by atoms with Crippen LogP contribution in [0.1, 0.15) is 28.8 Å². The van der Waals surface area contributed by atoms with E-state index in [9.17, 15) is 23.2 Å². The largest absolute Gasteiger partial charge is 0.573 e. The summed E-state index contributed by atoms with van der Waals surface area (Å²) in [5.41, 5.74) is 1.65. The van der Waals surface area contributed by atoms with E-state index in [0.29, 0.717) is 11.1 Å². The normalized spacial score (nSPS) is 20.6. The lowest BCUT2D eigenvalue weighted by Crippen LogP contribution is -2.62. The van der Waals surface area contributed by atoms with Crippen LogP contribution in [0.25, 0.3) is 11.1 Å². The molecule has 1 aliphatic rings. The molecular weight excluding hydrogens is 465 g/mol. The van der Waals surface area contributed by atoms with Crippen LogP contribution in [0.5, 0.6) is 5.75 Å². The molecule has 0 bridgehead atoms. The fourth-order valence-electron chi connectivity index (χ4n) is 4.02. The summed E-state index contributed by atoms with van der Waals surface area (Å²) in [5.74, 6) is -1.64. The Bertz CT molecular complexity index is 1300. The van der Waals surface area contributed by atoms with Crippen LogP contribution in [0, 0.1) is 16.7 Å². The summed E-state index contributed by atoms with van der Waals surface area (Å²) in [6.07, 6.45) is -4.82. The third kappa shape index (κ3) is 4.34.